The second-order valence-corrected chi connectivity index (χ2v) is 10.3. The highest BCUT2D eigenvalue weighted by molar-refractivity contribution is 7.19. The molecule has 0 aliphatic rings. The summed E-state index contributed by atoms with van der Waals surface area (Å²) in [5.41, 5.74) is -1.46. The highest BCUT2D eigenvalue weighted by Gasteiger charge is 2.40. The first-order chi connectivity index (χ1) is 19.0. The number of nitrogens with one attached hydrogen (secondary N) is 1. The lowest BCUT2D eigenvalue weighted by Gasteiger charge is -2.38. The van der Waals surface area contributed by atoms with Gasteiger partial charge < -0.3 is 5.32 Å². The van der Waals surface area contributed by atoms with E-state index in [4.69, 9.17) is 0 Å². The maximum Gasteiger partial charge on any atom is 0.416 e. The summed E-state index contributed by atoms with van der Waals surface area (Å²) >= 11 is 1.32. The Hall–Kier alpha value is -4.11. The molecule has 0 bridgehead atoms. The molecule has 5 aromatic rings. The van der Waals surface area contributed by atoms with Crippen LogP contribution in [0.4, 0.5) is 26.3 Å². The predicted molar refractivity (Wildman–Crippen MR) is 146 cm³/mol. The fraction of sp³-hybridized carbons (Fsp3) is 0.129. The molecular weight excluding hydrogens is 546 g/mol. The molecule has 0 aliphatic carbocycles. The van der Waals surface area contributed by atoms with Crippen LogP contribution >= 0.6 is 11.3 Å². The Bertz CT molecular complexity index is 1560. The third-order valence-electron chi connectivity index (χ3n) is 6.59. The largest absolute Gasteiger partial charge is 0.416 e. The van der Waals surface area contributed by atoms with E-state index >= 15 is 0 Å². The number of halogens is 6. The molecule has 0 fully saturated rings. The molecule has 204 valence electrons. The van der Waals surface area contributed by atoms with Gasteiger partial charge in [-0.3, -0.25) is 0 Å². The third kappa shape index (κ3) is 5.60. The first-order valence-electron chi connectivity index (χ1n) is 12.2. The van der Waals surface area contributed by atoms with Crippen LogP contribution in [0.2, 0.25) is 0 Å². The van der Waals surface area contributed by atoms with E-state index in [0.29, 0.717) is 16.1 Å². The van der Waals surface area contributed by atoms with Gasteiger partial charge in [0.15, 0.2) is 0 Å². The summed E-state index contributed by atoms with van der Waals surface area (Å²) in [6.07, 6.45) is -9.29. The maximum absolute atomic E-state index is 13.9. The van der Waals surface area contributed by atoms with Crippen LogP contribution in [-0.2, 0) is 24.3 Å². The monoisotopic (exact) mass is 568 g/mol. The van der Waals surface area contributed by atoms with Crippen LogP contribution < -0.4 is 5.32 Å². The minimum atomic E-state index is -4.66. The van der Waals surface area contributed by atoms with Crippen LogP contribution in [0.1, 0.15) is 32.8 Å². The average Bonchev–Trinajstić information content (AvgIpc) is 3.37. The van der Waals surface area contributed by atoms with Crippen LogP contribution in [0.3, 0.4) is 0 Å². The molecule has 1 aromatic heterocycles. The van der Waals surface area contributed by atoms with Crippen LogP contribution in [0.15, 0.2) is 110 Å². The SMILES string of the molecule is C=C(NC(Cc1ccccc1)(c1cccc(C(F)(F)F)c1)c1cccc(C(F)(F)F)c1)c1nc2ccccc2s1. The number of nitrogens with zero attached hydrogens (tertiary/aromatic N) is 1. The van der Waals surface area contributed by atoms with Crippen molar-refractivity contribution in [3.05, 3.63) is 143 Å². The molecule has 0 amide bonds. The van der Waals surface area contributed by atoms with Gasteiger partial charge in [-0.05, 0) is 53.1 Å². The Morgan fingerprint density at radius 3 is 1.75 bits per heavy atom. The zero-order valence-electron chi connectivity index (χ0n) is 20.9. The van der Waals surface area contributed by atoms with E-state index < -0.39 is 29.0 Å². The van der Waals surface area contributed by atoms with E-state index in [1.807, 2.05) is 24.3 Å². The number of thiazole rings is 1. The standard InChI is InChI=1S/C31H22F6N2S/c1-20(28-38-26-15-5-6-16-27(26)40-28)39-29(19-21-9-3-2-4-10-21,22-11-7-13-24(17-22)30(32,33)34)23-12-8-14-25(18-23)31(35,36)37/h2-18,39H,1,19H2. The highest BCUT2D eigenvalue weighted by Crippen LogP contribution is 2.41. The van der Waals surface area contributed by atoms with Crippen LogP contribution in [0.5, 0.6) is 0 Å². The molecule has 0 saturated heterocycles. The van der Waals surface area contributed by atoms with Gasteiger partial charge in [0, 0.05) is 6.42 Å². The molecular formula is C31H22F6N2S. The number of rotatable bonds is 7. The van der Waals surface area contributed by atoms with E-state index in [9.17, 15) is 26.3 Å². The molecule has 2 nitrogen and oxygen atoms in total. The fourth-order valence-electron chi connectivity index (χ4n) is 4.70. The Labute approximate surface area is 230 Å². The molecule has 4 aromatic carbocycles. The molecule has 0 aliphatic heterocycles. The Morgan fingerprint density at radius 2 is 1.20 bits per heavy atom. The second kappa shape index (κ2) is 10.5. The molecule has 0 atom stereocenters. The zero-order chi connectivity index (χ0) is 28.5. The van der Waals surface area contributed by atoms with E-state index in [1.54, 1.807) is 30.3 Å². The van der Waals surface area contributed by atoms with Crippen molar-refractivity contribution in [2.45, 2.75) is 24.3 Å². The number of para-hydroxylation sites is 1. The molecule has 0 radical (unpaired) electrons. The summed E-state index contributed by atoms with van der Waals surface area (Å²) in [4.78, 5) is 4.60. The zero-order valence-corrected chi connectivity index (χ0v) is 21.7. The van der Waals surface area contributed by atoms with Crippen molar-refractivity contribution in [2.75, 3.05) is 0 Å². The molecule has 9 heteroatoms. The van der Waals surface area contributed by atoms with Crippen LogP contribution in [0, 0.1) is 0 Å². The molecule has 1 N–H and O–H groups in total. The van der Waals surface area contributed by atoms with Gasteiger partial charge in [-0.15, -0.1) is 11.3 Å². The summed E-state index contributed by atoms with van der Waals surface area (Å²) < 4.78 is 84.0. The van der Waals surface area contributed by atoms with Crippen molar-refractivity contribution in [1.82, 2.24) is 10.3 Å². The van der Waals surface area contributed by atoms with E-state index in [-0.39, 0.29) is 23.2 Å². The van der Waals surface area contributed by atoms with E-state index in [1.165, 1.54) is 35.6 Å². The van der Waals surface area contributed by atoms with Crippen molar-refractivity contribution in [3.63, 3.8) is 0 Å². The first-order valence-corrected chi connectivity index (χ1v) is 13.0. The third-order valence-corrected chi connectivity index (χ3v) is 7.69. The van der Waals surface area contributed by atoms with Crippen LogP contribution in [0.25, 0.3) is 15.9 Å². The summed E-state index contributed by atoms with van der Waals surface area (Å²) in [6, 6.07) is 25.5. The van der Waals surface area contributed by atoms with Gasteiger partial charge in [0.2, 0.25) is 0 Å². The van der Waals surface area contributed by atoms with Gasteiger partial charge in [0.25, 0.3) is 0 Å². The molecule has 1 heterocycles. The van der Waals surface area contributed by atoms with Crippen molar-refractivity contribution in [1.29, 1.82) is 0 Å². The average molecular weight is 569 g/mol. The number of hydrogen-bond donors (Lipinski definition) is 1. The van der Waals surface area contributed by atoms with Gasteiger partial charge in [-0.1, -0.05) is 73.3 Å². The topological polar surface area (TPSA) is 24.9 Å². The highest BCUT2D eigenvalue weighted by atomic mass is 32.1. The lowest BCUT2D eigenvalue weighted by atomic mass is 9.76. The maximum atomic E-state index is 13.9. The summed E-state index contributed by atoms with van der Waals surface area (Å²) in [5, 5.41) is 3.73. The smallest absolute Gasteiger partial charge is 0.369 e. The first kappa shape index (κ1) is 27.5. The summed E-state index contributed by atoms with van der Waals surface area (Å²) in [6.45, 7) is 4.13. The predicted octanol–water partition coefficient (Wildman–Crippen LogP) is 9.08. The van der Waals surface area contributed by atoms with Gasteiger partial charge in [-0.25, -0.2) is 4.98 Å². The van der Waals surface area contributed by atoms with Gasteiger partial charge in [0.05, 0.1) is 32.6 Å². The Balaban J connectivity index is 1.75. The molecule has 5 rings (SSSR count). The number of aromatic nitrogens is 1. The van der Waals surface area contributed by atoms with Crippen LogP contribution in [-0.4, -0.2) is 4.98 Å². The van der Waals surface area contributed by atoms with Crippen molar-refractivity contribution >= 4 is 27.3 Å². The molecule has 40 heavy (non-hydrogen) atoms. The van der Waals surface area contributed by atoms with Crippen molar-refractivity contribution < 1.29 is 26.3 Å². The van der Waals surface area contributed by atoms with Gasteiger partial charge in [-0.2, -0.15) is 26.3 Å². The minimum absolute atomic E-state index is 0.0282. The van der Waals surface area contributed by atoms with Crippen molar-refractivity contribution in [2.24, 2.45) is 0 Å². The number of alkyl halides is 6. The van der Waals surface area contributed by atoms with Gasteiger partial charge >= 0.3 is 12.4 Å². The van der Waals surface area contributed by atoms with E-state index in [2.05, 4.69) is 16.9 Å². The van der Waals surface area contributed by atoms with Gasteiger partial charge in [0.1, 0.15) is 5.01 Å². The lowest BCUT2D eigenvalue weighted by Crippen LogP contribution is -2.44. The number of fused-ring (bicyclic) bond motifs is 1. The quantitative estimate of drug-likeness (QED) is 0.198. The minimum Gasteiger partial charge on any atom is -0.369 e. The Morgan fingerprint density at radius 1 is 0.675 bits per heavy atom. The molecule has 0 unspecified atom stereocenters. The normalized spacial score (nSPS) is 12.4. The lowest BCUT2D eigenvalue weighted by molar-refractivity contribution is -0.138. The molecule has 0 spiro atoms. The van der Waals surface area contributed by atoms with Crippen molar-refractivity contribution in [3.8, 4) is 0 Å². The summed E-state index contributed by atoms with van der Waals surface area (Å²) in [7, 11) is 0. The number of benzene rings is 4. The molecule has 0 saturated carbocycles. The fourth-order valence-corrected chi connectivity index (χ4v) is 5.59. The number of hydrogen-bond acceptors (Lipinski definition) is 3. The second-order valence-electron chi connectivity index (χ2n) is 9.32. The Kier molecular flexibility index (Phi) is 7.18. The summed E-state index contributed by atoms with van der Waals surface area (Å²) in [5.74, 6) is 0. The van der Waals surface area contributed by atoms with E-state index in [0.717, 1.165) is 29.0 Å².